The second-order valence-corrected chi connectivity index (χ2v) is 7.86. The van der Waals surface area contributed by atoms with Crippen LogP contribution in [0.4, 0.5) is 0 Å². The van der Waals surface area contributed by atoms with E-state index in [1.54, 1.807) is 4.90 Å². The molecule has 0 aromatic heterocycles. The molecule has 2 rings (SSSR count). The van der Waals surface area contributed by atoms with E-state index in [-0.39, 0.29) is 17.3 Å². The number of carboxylic acids is 1. The molecule has 0 bridgehead atoms. The monoisotopic (exact) mass is 368 g/mol. The third-order valence-corrected chi connectivity index (χ3v) is 6.42. The molecule has 0 saturated carbocycles. The topological polar surface area (TPSA) is 95.0 Å². The molecule has 1 aromatic rings. The second kappa shape index (κ2) is 7.97. The molecule has 1 heterocycles. The molecule has 1 aromatic carbocycles. The smallest absolute Gasteiger partial charge is 0.322 e. The van der Waals surface area contributed by atoms with Gasteiger partial charge in [-0.3, -0.25) is 9.59 Å². The molecule has 138 valence electrons. The Morgan fingerprint density at radius 3 is 2.28 bits per heavy atom. The first-order valence-corrected chi connectivity index (χ1v) is 9.90. The average Bonchev–Trinajstić information content (AvgIpc) is 2.62. The van der Waals surface area contributed by atoms with Gasteiger partial charge in [0.1, 0.15) is 6.04 Å². The van der Waals surface area contributed by atoms with Crippen LogP contribution in [0.25, 0.3) is 0 Å². The van der Waals surface area contributed by atoms with Gasteiger partial charge in [0.2, 0.25) is 10.0 Å². The van der Waals surface area contributed by atoms with Crippen LogP contribution in [0.5, 0.6) is 0 Å². The Labute approximate surface area is 148 Å². The fraction of sp³-hybridized carbons (Fsp3) is 0.529. The predicted octanol–water partition coefficient (Wildman–Crippen LogP) is 1.80. The standard InChI is InChI=1S/C17H24N2O5S/c1-3-18(4-2)16(20)13-8-10-14(11-9-13)25(23,24)19-12-6-5-7-15(19)17(21)22/h8-11,15H,3-7,12H2,1-2H3,(H,21,22). The number of carboxylic acid groups (broad SMARTS) is 1. The molecule has 7 nitrogen and oxygen atoms in total. The minimum atomic E-state index is -3.90. The Hall–Kier alpha value is -1.93. The normalized spacial score (nSPS) is 18.7. The summed E-state index contributed by atoms with van der Waals surface area (Å²) in [6.45, 7) is 5.09. The van der Waals surface area contributed by atoms with Crippen LogP contribution >= 0.6 is 0 Å². The number of piperidine rings is 1. The van der Waals surface area contributed by atoms with Crippen molar-refractivity contribution < 1.29 is 23.1 Å². The van der Waals surface area contributed by atoms with Gasteiger partial charge in [-0.05, 0) is 57.4 Å². The minimum absolute atomic E-state index is 0.0109. The molecular weight excluding hydrogens is 344 g/mol. The van der Waals surface area contributed by atoms with Crippen LogP contribution in [-0.4, -0.2) is 60.3 Å². The summed E-state index contributed by atoms with van der Waals surface area (Å²) in [4.78, 5) is 25.3. The van der Waals surface area contributed by atoms with E-state index in [1.165, 1.54) is 24.3 Å². The third-order valence-electron chi connectivity index (χ3n) is 4.50. The summed E-state index contributed by atoms with van der Waals surface area (Å²) in [7, 11) is -3.90. The molecule has 1 unspecified atom stereocenters. The van der Waals surface area contributed by atoms with E-state index >= 15 is 0 Å². The van der Waals surface area contributed by atoms with Crippen LogP contribution in [0.2, 0.25) is 0 Å². The lowest BCUT2D eigenvalue weighted by Gasteiger charge is -2.31. The van der Waals surface area contributed by atoms with Crippen molar-refractivity contribution in [3.8, 4) is 0 Å². The maximum absolute atomic E-state index is 12.8. The van der Waals surface area contributed by atoms with E-state index in [1.807, 2.05) is 13.8 Å². The van der Waals surface area contributed by atoms with Crippen LogP contribution in [0.15, 0.2) is 29.2 Å². The van der Waals surface area contributed by atoms with Gasteiger partial charge in [0.15, 0.2) is 0 Å². The highest BCUT2D eigenvalue weighted by molar-refractivity contribution is 7.89. The lowest BCUT2D eigenvalue weighted by atomic mass is 10.1. The first-order chi connectivity index (χ1) is 11.8. The Kier molecular flexibility index (Phi) is 6.18. The summed E-state index contributed by atoms with van der Waals surface area (Å²) < 4.78 is 26.6. The van der Waals surface area contributed by atoms with Gasteiger partial charge in [0.05, 0.1) is 4.90 Å². The van der Waals surface area contributed by atoms with E-state index in [2.05, 4.69) is 0 Å². The summed E-state index contributed by atoms with van der Waals surface area (Å²) in [6, 6.07) is 4.68. The fourth-order valence-electron chi connectivity index (χ4n) is 3.04. The summed E-state index contributed by atoms with van der Waals surface area (Å²) in [5.41, 5.74) is 0.413. The third kappa shape index (κ3) is 4.01. The molecule has 1 N–H and O–H groups in total. The molecule has 1 amide bonds. The highest BCUT2D eigenvalue weighted by Gasteiger charge is 2.37. The number of hydrogen-bond acceptors (Lipinski definition) is 4. The van der Waals surface area contributed by atoms with Crippen LogP contribution in [0.3, 0.4) is 0 Å². The van der Waals surface area contributed by atoms with Gasteiger partial charge < -0.3 is 10.0 Å². The van der Waals surface area contributed by atoms with Gasteiger partial charge in [0, 0.05) is 25.2 Å². The summed E-state index contributed by atoms with van der Waals surface area (Å²) in [5.74, 6) is -1.29. The number of aliphatic carboxylic acids is 1. The molecule has 0 aliphatic carbocycles. The molecule has 1 aliphatic heterocycles. The molecular formula is C17H24N2O5S. The van der Waals surface area contributed by atoms with E-state index in [0.29, 0.717) is 37.9 Å². The summed E-state index contributed by atoms with van der Waals surface area (Å²) in [6.07, 6.45) is 1.65. The number of amides is 1. The Morgan fingerprint density at radius 2 is 1.76 bits per heavy atom. The van der Waals surface area contributed by atoms with Crippen LogP contribution in [-0.2, 0) is 14.8 Å². The summed E-state index contributed by atoms with van der Waals surface area (Å²) >= 11 is 0. The van der Waals surface area contributed by atoms with Crippen LogP contribution in [0, 0.1) is 0 Å². The molecule has 1 saturated heterocycles. The highest BCUT2D eigenvalue weighted by atomic mass is 32.2. The van der Waals surface area contributed by atoms with Gasteiger partial charge in [-0.25, -0.2) is 8.42 Å². The van der Waals surface area contributed by atoms with E-state index < -0.39 is 22.0 Å². The maximum Gasteiger partial charge on any atom is 0.322 e. The number of carbonyl (C=O) groups excluding carboxylic acids is 1. The average molecular weight is 368 g/mol. The minimum Gasteiger partial charge on any atom is -0.480 e. The first-order valence-electron chi connectivity index (χ1n) is 8.46. The van der Waals surface area contributed by atoms with Crippen molar-refractivity contribution in [2.45, 2.75) is 44.0 Å². The number of hydrogen-bond donors (Lipinski definition) is 1. The van der Waals surface area contributed by atoms with Crippen molar-refractivity contribution in [3.63, 3.8) is 0 Å². The van der Waals surface area contributed by atoms with Crippen molar-refractivity contribution in [2.75, 3.05) is 19.6 Å². The highest BCUT2D eigenvalue weighted by Crippen LogP contribution is 2.26. The molecule has 0 radical (unpaired) electrons. The van der Waals surface area contributed by atoms with Gasteiger partial charge in [-0.1, -0.05) is 0 Å². The largest absolute Gasteiger partial charge is 0.480 e. The zero-order valence-corrected chi connectivity index (χ0v) is 15.3. The molecule has 25 heavy (non-hydrogen) atoms. The molecule has 8 heteroatoms. The van der Waals surface area contributed by atoms with Gasteiger partial charge in [-0.15, -0.1) is 0 Å². The van der Waals surface area contributed by atoms with Gasteiger partial charge >= 0.3 is 5.97 Å². The number of nitrogens with zero attached hydrogens (tertiary/aromatic N) is 2. The van der Waals surface area contributed by atoms with Crippen LogP contribution in [0.1, 0.15) is 43.5 Å². The Morgan fingerprint density at radius 1 is 1.16 bits per heavy atom. The van der Waals surface area contributed by atoms with Crippen molar-refractivity contribution in [1.29, 1.82) is 0 Å². The van der Waals surface area contributed by atoms with E-state index in [0.717, 1.165) is 4.31 Å². The molecule has 0 spiro atoms. The zero-order valence-electron chi connectivity index (χ0n) is 14.5. The van der Waals surface area contributed by atoms with Crippen LogP contribution < -0.4 is 0 Å². The molecule has 1 aliphatic rings. The number of carbonyl (C=O) groups is 2. The predicted molar refractivity (Wildman–Crippen MR) is 92.9 cm³/mol. The lowest BCUT2D eigenvalue weighted by Crippen LogP contribution is -2.47. The van der Waals surface area contributed by atoms with Gasteiger partial charge in [-0.2, -0.15) is 4.31 Å². The maximum atomic E-state index is 12.8. The van der Waals surface area contributed by atoms with Crippen molar-refractivity contribution in [3.05, 3.63) is 29.8 Å². The van der Waals surface area contributed by atoms with Crippen molar-refractivity contribution in [1.82, 2.24) is 9.21 Å². The van der Waals surface area contributed by atoms with Crippen molar-refractivity contribution >= 4 is 21.9 Å². The van der Waals surface area contributed by atoms with Gasteiger partial charge in [0.25, 0.3) is 5.91 Å². The number of rotatable bonds is 6. The van der Waals surface area contributed by atoms with E-state index in [4.69, 9.17) is 0 Å². The second-order valence-electron chi connectivity index (χ2n) is 5.97. The first kappa shape index (κ1) is 19.4. The Bertz CT molecular complexity index is 726. The van der Waals surface area contributed by atoms with E-state index in [9.17, 15) is 23.1 Å². The quantitative estimate of drug-likeness (QED) is 0.826. The number of benzene rings is 1. The number of sulfonamides is 1. The molecule has 1 fully saturated rings. The SMILES string of the molecule is CCN(CC)C(=O)c1ccc(S(=O)(=O)N2CCCCC2C(=O)O)cc1. The fourth-order valence-corrected chi connectivity index (χ4v) is 4.69. The van der Waals surface area contributed by atoms with Crippen molar-refractivity contribution in [2.24, 2.45) is 0 Å². The lowest BCUT2D eigenvalue weighted by molar-refractivity contribution is -0.142. The molecule has 1 atom stereocenters. The Balaban J connectivity index is 2.28. The zero-order chi connectivity index (χ0) is 18.6. The summed E-state index contributed by atoms with van der Waals surface area (Å²) in [5, 5.41) is 9.29.